The van der Waals surface area contributed by atoms with E-state index in [4.69, 9.17) is 0 Å². The maximum absolute atomic E-state index is 13.4. The minimum absolute atomic E-state index is 0.202. The molecule has 1 aromatic heterocycles. The molecule has 1 amide bonds. The van der Waals surface area contributed by atoms with E-state index >= 15 is 0 Å². The van der Waals surface area contributed by atoms with Gasteiger partial charge in [-0.3, -0.25) is 9.89 Å². The van der Waals surface area contributed by atoms with Gasteiger partial charge in [-0.05, 0) is 53.2 Å². The first-order chi connectivity index (χ1) is 12.5. The van der Waals surface area contributed by atoms with E-state index in [0.29, 0.717) is 30.4 Å². The van der Waals surface area contributed by atoms with Crippen LogP contribution in [0.25, 0.3) is 0 Å². The summed E-state index contributed by atoms with van der Waals surface area (Å²) >= 11 is 3.47. The van der Waals surface area contributed by atoms with E-state index in [2.05, 4.69) is 31.4 Å². The Morgan fingerprint density at radius 2 is 2.12 bits per heavy atom. The predicted molar refractivity (Wildman–Crippen MR) is 97.3 cm³/mol. The van der Waals surface area contributed by atoms with Crippen LogP contribution in [0.4, 0.5) is 14.5 Å². The summed E-state index contributed by atoms with van der Waals surface area (Å²) in [4.78, 5) is 14.4. The second kappa shape index (κ2) is 6.98. The van der Waals surface area contributed by atoms with Crippen molar-refractivity contribution in [3.05, 3.63) is 45.7 Å². The molecule has 1 unspecified atom stereocenters. The number of anilines is 1. The molecule has 1 atom stereocenters. The van der Waals surface area contributed by atoms with E-state index in [1.54, 1.807) is 6.07 Å². The molecule has 8 heteroatoms. The second-order valence-corrected chi connectivity index (χ2v) is 7.78. The van der Waals surface area contributed by atoms with Gasteiger partial charge < -0.3 is 10.2 Å². The van der Waals surface area contributed by atoms with Crippen molar-refractivity contribution in [2.24, 2.45) is 5.92 Å². The number of hydrogen-bond donors (Lipinski definition) is 2. The smallest absolute Gasteiger partial charge is 0.272 e. The molecule has 0 bridgehead atoms. The number of nitrogens with one attached hydrogen (secondary N) is 2. The summed E-state index contributed by atoms with van der Waals surface area (Å²) in [6, 6.07) is 3.95. The molecule has 2 aromatic rings. The third-order valence-electron chi connectivity index (χ3n) is 5.04. The number of halogens is 3. The van der Waals surface area contributed by atoms with Gasteiger partial charge in [-0.1, -0.05) is 0 Å². The first-order valence-electron chi connectivity index (χ1n) is 8.75. The molecule has 2 aliphatic rings. The molecule has 138 valence electrons. The van der Waals surface area contributed by atoms with Crippen LogP contribution in [0.15, 0.2) is 22.7 Å². The number of carbonyl (C=O) groups is 1. The largest absolute Gasteiger partial charge is 0.371 e. The van der Waals surface area contributed by atoms with Crippen LogP contribution in [-0.2, 0) is 0 Å². The Labute approximate surface area is 158 Å². The van der Waals surface area contributed by atoms with Crippen LogP contribution in [-0.4, -0.2) is 35.7 Å². The highest BCUT2D eigenvalue weighted by Crippen LogP contribution is 2.42. The Morgan fingerprint density at radius 3 is 2.85 bits per heavy atom. The van der Waals surface area contributed by atoms with E-state index in [9.17, 15) is 13.6 Å². The monoisotopic (exact) mass is 424 g/mol. The lowest BCUT2D eigenvalue weighted by molar-refractivity contribution is 0.0942. The first kappa shape index (κ1) is 17.5. The number of carbonyl (C=O) groups excluding carboxylic acids is 1. The van der Waals surface area contributed by atoms with Gasteiger partial charge in [0.1, 0.15) is 0 Å². The second-order valence-electron chi connectivity index (χ2n) is 6.98. The molecule has 1 saturated carbocycles. The molecular weight excluding hydrogens is 406 g/mol. The van der Waals surface area contributed by atoms with Gasteiger partial charge in [-0.15, -0.1) is 0 Å². The quantitative estimate of drug-likeness (QED) is 0.770. The lowest BCUT2D eigenvalue weighted by atomic mass is 10.1. The fourth-order valence-electron chi connectivity index (χ4n) is 3.37. The summed E-state index contributed by atoms with van der Waals surface area (Å²) in [6.07, 6.45) is 3.14. The van der Waals surface area contributed by atoms with Gasteiger partial charge in [0, 0.05) is 37.3 Å². The Bertz CT molecular complexity index is 837. The maximum atomic E-state index is 13.4. The number of H-pyrrole nitrogens is 1. The van der Waals surface area contributed by atoms with Crippen LogP contribution in [0.2, 0.25) is 0 Å². The number of benzene rings is 1. The van der Waals surface area contributed by atoms with Crippen molar-refractivity contribution in [2.75, 3.05) is 24.5 Å². The molecule has 2 heterocycles. The summed E-state index contributed by atoms with van der Waals surface area (Å²) in [5.74, 6) is -1.14. The Morgan fingerprint density at radius 1 is 1.31 bits per heavy atom. The van der Waals surface area contributed by atoms with Crippen LogP contribution in [0, 0.1) is 17.6 Å². The summed E-state index contributed by atoms with van der Waals surface area (Å²) in [6.45, 7) is 1.97. The summed E-state index contributed by atoms with van der Waals surface area (Å²) in [5.41, 5.74) is 2.06. The SMILES string of the molecule is O=C(NCC1CCN(c2ccc(F)c(F)c2)C1)c1n[nH]c(C2CC2)c1Br. The molecule has 2 fully saturated rings. The topological polar surface area (TPSA) is 61.0 Å². The van der Waals surface area contributed by atoms with Gasteiger partial charge in [-0.25, -0.2) is 8.78 Å². The number of hydrogen-bond acceptors (Lipinski definition) is 3. The average molecular weight is 425 g/mol. The van der Waals surface area contributed by atoms with Crippen LogP contribution >= 0.6 is 15.9 Å². The van der Waals surface area contributed by atoms with Crippen molar-refractivity contribution in [1.82, 2.24) is 15.5 Å². The zero-order valence-electron chi connectivity index (χ0n) is 14.1. The molecule has 1 aliphatic heterocycles. The highest BCUT2D eigenvalue weighted by Gasteiger charge is 2.31. The number of nitrogens with zero attached hydrogens (tertiary/aromatic N) is 2. The van der Waals surface area contributed by atoms with Gasteiger partial charge in [0.05, 0.1) is 10.2 Å². The number of aromatic amines is 1. The minimum Gasteiger partial charge on any atom is -0.371 e. The van der Waals surface area contributed by atoms with Gasteiger partial charge in [0.25, 0.3) is 5.91 Å². The van der Waals surface area contributed by atoms with Gasteiger partial charge >= 0.3 is 0 Å². The van der Waals surface area contributed by atoms with Crippen LogP contribution in [0.1, 0.15) is 41.4 Å². The highest BCUT2D eigenvalue weighted by atomic mass is 79.9. The summed E-state index contributed by atoms with van der Waals surface area (Å²) < 4.78 is 27.2. The van der Waals surface area contributed by atoms with Crippen molar-refractivity contribution < 1.29 is 13.6 Å². The van der Waals surface area contributed by atoms with Crippen LogP contribution < -0.4 is 10.2 Å². The normalized spacial score (nSPS) is 19.8. The molecule has 4 rings (SSSR count). The van der Waals surface area contributed by atoms with E-state index in [1.807, 2.05) is 4.90 Å². The first-order valence-corrected chi connectivity index (χ1v) is 9.54. The van der Waals surface area contributed by atoms with Crippen LogP contribution in [0.5, 0.6) is 0 Å². The fraction of sp³-hybridized carbons (Fsp3) is 0.444. The maximum Gasteiger partial charge on any atom is 0.272 e. The molecule has 26 heavy (non-hydrogen) atoms. The van der Waals surface area contributed by atoms with Crippen molar-refractivity contribution in [2.45, 2.75) is 25.2 Å². The summed E-state index contributed by atoms with van der Waals surface area (Å²) in [7, 11) is 0. The lowest BCUT2D eigenvalue weighted by Crippen LogP contribution is -2.31. The van der Waals surface area contributed by atoms with Crippen LogP contribution in [0.3, 0.4) is 0 Å². The highest BCUT2D eigenvalue weighted by molar-refractivity contribution is 9.10. The van der Waals surface area contributed by atoms with Crippen molar-refractivity contribution in [3.63, 3.8) is 0 Å². The fourth-order valence-corrected chi connectivity index (χ4v) is 4.05. The Hall–Kier alpha value is -1.96. The third-order valence-corrected chi connectivity index (χ3v) is 5.84. The zero-order valence-corrected chi connectivity index (χ0v) is 15.7. The van der Waals surface area contributed by atoms with E-state index in [-0.39, 0.29) is 11.8 Å². The standard InChI is InChI=1S/C18H19BrF2N4O/c19-15-16(11-1-2-11)23-24-17(15)18(26)22-8-10-5-6-25(9-10)12-3-4-13(20)14(21)7-12/h3-4,7,10-11H,1-2,5-6,8-9H2,(H,22,26)(H,23,24). The third kappa shape index (κ3) is 3.47. The Balaban J connectivity index is 1.32. The molecule has 1 aliphatic carbocycles. The summed E-state index contributed by atoms with van der Waals surface area (Å²) in [5, 5.41) is 10.0. The molecule has 1 saturated heterocycles. The van der Waals surface area contributed by atoms with E-state index in [0.717, 1.165) is 42.0 Å². The van der Waals surface area contributed by atoms with E-state index in [1.165, 1.54) is 6.07 Å². The molecule has 1 aromatic carbocycles. The molecule has 5 nitrogen and oxygen atoms in total. The van der Waals surface area contributed by atoms with Crippen molar-refractivity contribution >= 4 is 27.5 Å². The number of amides is 1. The predicted octanol–water partition coefficient (Wildman–Crippen LogP) is 3.58. The van der Waals surface area contributed by atoms with Gasteiger partial charge in [0.2, 0.25) is 0 Å². The molecular formula is C18H19BrF2N4O. The van der Waals surface area contributed by atoms with Gasteiger partial charge in [0.15, 0.2) is 17.3 Å². The minimum atomic E-state index is -0.841. The van der Waals surface area contributed by atoms with Crippen molar-refractivity contribution in [1.29, 1.82) is 0 Å². The van der Waals surface area contributed by atoms with Crippen molar-refractivity contribution in [3.8, 4) is 0 Å². The lowest BCUT2D eigenvalue weighted by Gasteiger charge is -2.19. The van der Waals surface area contributed by atoms with Gasteiger partial charge in [-0.2, -0.15) is 5.10 Å². The molecule has 0 radical (unpaired) electrons. The number of aromatic nitrogens is 2. The average Bonchev–Trinajstić information content (AvgIpc) is 3.22. The van der Waals surface area contributed by atoms with E-state index < -0.39 is 11.6 Å². The Kier molecular flexibility index (Phi) is 4.69. The molecule has 2 N–H and O–H groups in total. The zero-order chi connectivity index (χ0) is 18.3. The molecule has 0 spiro atoms. The number of rotatable bonds is 5.